The minimum absolute atomic E-state index is 0.0625. The summed E-state index contributed by atoms with van der Waals surface area (Å²) in [6, 6.07) is 0. The van der Waals surface area contributed by atoms with Gasteiger partial charge >= 0.3 is 0 Å². The van der Waals surface area contributed by atoms with Gasteiger partial charge in [0.2, 0.25) is 0 Å². The topological polar surface area (TPSA) is 40.5 Å². The Morgan fingerprint density at radius 3 is 2.06 bits per heavy atom. The molecule has 1 radical (unpaired) electrons. The standard InChI is InChI=1S/C14H25O2/c15-11-14(16,12-7-3-1-4-8-12)13-9-5-2-6-10-13/h12,15-16H,1-11H2. The van der Waals surface area contributed by atoms with Crippen molar-refractivity contribution in [3.63, 3.8) is 0 Å². The number of hydrogen-bond donors (Lipinski definition) is 2. The van der Waals surface area contributed by atoms with Crippen molar-refractivity contribution in [3.8, 4) is 0 Å². The number of hydrogen-bond acceptors (Lipinski definition) is 2. The lowest BCUT2D eigenvalue weighted by Crippen LogP contribution is -2.48. The molecule has 0 heterocycles. The van der Waals surface area contributed by atoms with Gasteiger partial charge in [0.1, 0.15) is 0 Å². The van der Waals surface area contributed by atoms with Crippen molar-refractivity contribution in [2.75, 3.05) is 6.61 Å². The van der Waals surface area contributed by atoms with E-state index in [2.05, 4.69) is 0 Å². The molecule has 2 aliphatic carbocycles. The molecule has 0 bridgehead atoms. The van der Waals surface area contributed by atoms with Crippen molar-refractivity contribution in [2.24, 2.45) is 5.92 Å². The fourth-order valence-corrected chi connectivity index (χ4v) is 3.52. The van der Waals surface area contributed by atoms with Gasteiger partial charge in [-0.2, -0.15) is 0 Å². The zero-order valence-corrected chi connectivity index (χ0v) is 10.2. The van der Waals surface area contributed by atoms with Crippen molar-refractivity contribution in [1.82, 2.24) is 0 Å². The number of rotatable bonds is 3. The SMILES string of the molecule is OCC(O)([C]1CCCCC1)C1CCCCC1. The molecule has 0 aliphatic heterocycles. The van der Waals surface area contributed by atoms with Crippen LogP contribution in [0.3, 0.4) is 0 Å². The van der Waals surface area contributed by atoms with Crippen LogP contribution in [-0.4, -0.2) is 22.4 Å². The van der Waals surface area contributed by atoms with Gasteiger partial charge in [-0.05, 0) is 31.6 Å². The molecule has 1 atom stereocenters. The maximum atomic E-state index is 10.8. The molecule has 2 saturated carbocycles. The summed E-state index contributed by atoms with van der Waals surface area (Å²) in [5.41, 5.74) is -0.846. The Morgan fingerprint density at radius 2 is 1.50 bits per heavy atom. The molecule has 0 saturated heterocycles. The summed E-state index contributed by atoms with van der Waals surface area (Å²) in [6.07, 6.45) is 11.7. The quantitative estimate of drug-likeness (QED) is 0.775. The van der Waals surface area contributed by atoms with Gasteiger partial charge in [0.05, 0.1) is 12.2 Å². The Bertz CT molecular complexity index is 185. The van der Waals surface area contributed by atoms with Crippen LogP contribution < -0.4 is 0 Å². The van der Waals surface area contributed by atoms with Crippen molar-refractivity contribution < 1.29 is 10.2 Å². The highest BCUT2D eigenvalue weighted by molar-refractivity contribution is 5.12. The Morgan fingerprint density at radius 1 is 0.938 bits per heavy atom. The first-order chi connectivity index (χ1) is 7.77. The third-order valence-electron chi connectivity index (χ3n) is 4.59. The molecule has 2 N–H and O–H groups in total. The Labute approximate surface area is 99.1 Å². The van der Waals surface area contributed by atoms with E-state index >= 15 is 0 Å². The highest BCUT2D eigenvalue weighted by Crippen LogP contribution is 2.43. The van der Waals surface area contributed by atoms with Gasteiger partial charge in [0, 0.05) is 5.92 Å². The Hall–Kier alpha value is -0.0800. The highest BCUT2D eigenvalue weighted by Gasteiger charge is 2.43. The largest absolute Gasteiger partial charge is 0.393 e. The van der Waals surface area contributed by atoms with E-state index in [0.717, 1.165) is 25.7 Å². The fraction of sp³-hybridized carbons (Fsp3) is 0.929. The van der Waals surface area contributed by atoms with Crippen molar-refractivity contribution in [1.29, 1.82) is 0 Å². The highest BCUT2D eigenvalue weighted by atomic mass is 16.3. The van der Waals surface area contributed by atoms with Gasteiger partial charge in [-0.15, -0.1) is 0 Å². The van der Waals surface area contributed by atoms with E-state index in [1.165, 1.54) is 44.4 Å². The molecule has 93 valence electrons. The van der Waals surface area contributed by atoms with Crippen LogP contribution in [0.15, 0.2) is 0 Å². The van der Waals surface area contributed by atoms with Gasteiger partial charge in [-0.25, -0.2) is 0 Å². The van der Waals surface area contributed by atoms with Crippen LogP contribution in [-0.2, 0) is 0 Å². The Balaban J connectivity index is 2.03. The van der Waals surface area contributed by atoms with Crippen molar-refractivity contribution >= 4 is 0 Å². The second kappa shape index (κ2) is 5.50. The smallest absolute Gasteiger partial charge is 0.0967 e. The molecule has 0 amide bonds. The number of aliphatic hydroxyl groups is 2. The van der Waals surface area contributed by atoms with E-state index in [9.17, 15) is 10.2 Å². The summed E-state index contributed by atoms with van der Waals surface area (Å²) in [7, 11) is 0. The van der Waals surface area contributed by atoms with Crippen molar-refractivity contribution in [2.45, 2.75) is 69.8 Å². The van der Waals surface area contributed by atoms with E-state index in [4.69, 9.17) is 0 Å². The summed E-state index contributed by atoms with van der Waals surface area (Å²) in [6.45, 7) is -0.0625. The molecular weight excluding hydrogens is 200 g/mol. The molecule has 2 rings (SSSR count). The number of aliphatic hydroxyl groups excluding tert-OH is 1. The van der Waals surface area contributed by atoms with E-state index < -0.39 is 5.60 Å². The first-order valence-corrected chi connectivity index (χ1v) is 6.96. The van der Waals surface area contributed by atoms with Gasteiger partial charge in [0.15, 0.2) is 0 Å². The molecule has 0 spiro atoms. The van der Waals surface area contributed by atoms with Crippen LogP contribution in [0.4, 0.5) is 0 Å². The second-order valence-electron chi connectivity index (χ2n) is 5.58. The third kappa shape index (κ3) is 2.43. The minimum atomic E-state index is -0.846. The average Bonchev–Trinajstić information content (AvgIpc) is 2.40. The first kappa shape index (κ1) is 12.4. The first-order valence-electron chi connectivity index (χ1n) is 6.96. The zero-order chi connectivity index (χ0) is 11.4. The monoisotopic (exact) mass is 225 g/mol. The summed E-state index contributed by atoms with van der Waals surface area (Å²) in [4.78, 5) is 0. The minimum Gasteiger partial charge on any atom is -0.393 e. The van der Waals surface area contributed by atoms with E-state index in [0.29, 0.717) is 5.92 Å². The lowest BCUT2D eigenvalue weighted by Gasteiger charge is -2.44. The summed E-state index contributed by atoms with van der Waals surface area (Å²) in [5.74, 6) is 1.56. The second-order valence-corrected chi connectivity index (χ2v) is 5.58. The fourth-order valence-electron chi connectivity index (χ4n) is 3.52. The molecule has 2 heteroatoms. The third-order valence-corrected chi connectivity index (χ3v) is 4.59. The lowest BCUT2D eigenvalue weighted by molar-refractivity contribution is -0.0683. The van der Waals surface area contributed by atoms with Crippen LogP contribution in [0, 0.1) is 11.8 Å². The van der Waals surface area contributed by atoms with E-state index in [-0.39, 0.29) is 6.61 Å². The molecular formula is C14H25O2. The summed E-state index contributed by atoms with van der Waals surface area (Å²) < 4.78 is 0. The van der Waals surface area contributed by atoms with E-state index in [1.54, 1.807) is 0 Å². The van der Waals surface area contributed by atoms with Crippen LogP contribution in [0.25, 0.3) is 0 Å². The van der Waals surface area contributed by atoms with Crippen LogP contribution >= 0.6 is 0 Å². The summed E-state index contributed by atoms with van der Waals surface area (Å²) in [5, 5.41) is 20.4. The molecule has 2 aliphatic rings. The normalized spacial score (nSPS) is 25.9. The maximum absolute atomic E-state index is 10.8. The molecule has 0 aromatic heterocycles. The molecule has 1 unspecified atom stereocenters. The molecule has 0 aromatic carbocycles. The predicted octanol–water partition coefficient (Wildman–Crippen LogP) is 2.83. The lowest BCUT2D eigenvalue weighted by atomic mass is 9.67. The van der Waals surface area contributed by atoms with Crippen LogP contribution in [0.2, 0.25) is 0 Å². The van der Waals surface area contributed by atoms with Crippen molar-refractivity contribution in [3.05, 3.63) is 5.92 Å². The molecule has 16 heavy (non-hydrogen) atoms. The predicted molar refractivity (Wildman–Crippen MR) is 64.9 cm³/mol. The zero-order valence-electron chi connectivity index (χ0n) is 10.2. The van der Waals surface area contributed by atoms with Crippen LogP contribution in [0.5, 0.6) is 0 Å². The molecule has 0 aromatic rings. The Kier molecular flexibility index (Phi) is 4.26. The van der Waals surface area contributed by atoms with Gasteiger partial charge < -0.3 is 10.2 Å². The maximum Gasteiger partial charge on any atom is 0.0967 e. The summed E-state index contributed by atoms with van der Waals surface area (Å²) >= 11 is 0. The average molecular weight is 225 g/mol. The van der Waals surface area contributed by atoms with Gasteiger partial charge in [0.25, 0.3) is 0 Å². The molecule has 2 fully saturated rings. The van der Waals surface area contributed by atoms with E-state index in [1.807, 2.05) is 0 Å². The van der Waals surface area contributed by atoms with Gasteiger partial charge in [-0.3, -0.25) is 0 Å². The van der Waals surface area contributed by atoms with Crippen LogP contribution in [0.1, 0.15) is 64.2 Å². The molecule has 2 nitrogen and oxygen atoms in total. The van der Waals surface area contributed by atoms with Gasteiger partial charge in [-0.1, -0.05) is 38.5 Å².